The first-order valence-corrected chi connectivity index (χ1v) is 10.0. The molecule has 0 aliphatic carbocycles. The van der Waals surface area contributed by atoms with Crippen LogP contribution in [0, 0.1) is 5.82 Å². The van der Waals surface area contributed by atoms with Crippen molar-refractivity contribution >= 4 is 27.4 Å². The van der Waals surface area contributed by atoms with E-state index in [0.717, 1.165) is 24.8 Å². The summed E-state index contributed by atoms with van der Waals surface area (Å²) >= 11 is 0. The van der Waals surface area contributed by atoms with Crippen LogP contribution in [0.25, 0.3) is 0 Å². The SMILES string of the molecule is COC(=O)c1cc(NC(=O)CS(=O)(=O)CCCc2ccccc2)ccc1F. The van der Waals surface area contributed by atoms with E-state index in [2.05, 4.69) is 10.1 Å². The lowest BCUT2D eigenvalue weighted by Gasteiger charge is -2.08. The van der Waals surface area contributed by atoms with E-state index >= 15 is 0 Å². The van der Waals surface area contributed by atoms with E-state index < -0.39 is 33.3 Å². The zero-order valence-corrected chi connectivity index (χ0v) is 15.6. The maximum atomic E-state index is 13.6. The molecule has 1 amide bonds. The van der Waals surface area contributed by atoms with Gasteiger partial charge in [-0.15, -0.1) is 0 Å². The predicted octanol–water partition coefficient (Wildman–Crippen LogP) is 2.60. The standard InChI is InChI=1S/C19H20FNO5S/c1-26-19(23)16-12-15(9-10-17(16)20)21-18(22)13-27(24,25)11-5-8-14-6-3-2-4-7-14/h2-4,6-7,9-10,12H,5,8,11,13H2,1H3,(H,21,22). The van der Waals surface area contributed by atoms with Crippen molar-refractivity contribution in [2.75, 3.05) is 23.9 Å². The van der Waals surface area contributed by atoms with Crippen molar-refractivity contribution in [3.63, 3.8) is 0 Å². The van der Waals surface area contributed by atoms with Crippen molar-refractivity contribution in [3.8, 4) is 0 Å². The van der Waals surface area contributed by atoms with Crippen LogP contribution in [-0.4, -0.2) is 38.9 Å². The Labute approximate surface area is 157 Å². The van der Waals surface area contributed by atoms with E-state index in [0.29, 0.717) is 12.8 Å². The Morgan fingerprint density at radius 2 is 1.81 bits per heavy atom. The van der Waals surface area contributed by atoms with Crippen molar-refractivity contribution in [3.05, 3.63) is 65.5 Å². The number of esters is 1. The molecular formula is C19H20FNO5S. The van der Waals surface area contributed by atoms with Gasteiger partial charge < -0.3 is 10.1 Å². The Morgan fingerprint density at radius 3 is 2.48 bits per heavy atom. The number of anilines is 1. The Morgan fingerprint density at radius 1 is 1.11 bits per heavy atom. The van der Waals surface area contributed by atoms with Gasteiger partial charge in [-0.05, 0) is 36.6 Å². The topological polar surface area (TPSA) is 89.5 Å². The van der Waals surface area contributed by atoms with Gasteiger partial charge in [0.1, 0.15) is 11.6 Å². The van der Waals surface area contributed by atoms with Gasteiger partial charge in [-0.1, -0.05) is 30.3 Å². The molecule has 0 aromatic heterocycles. The minimum absolute atomic E-state index is 0.112. The largest absolute Gasteiger partial charge is 0.465 e. The number of carbonyl (C=O) groups is 2. The van der Waals surface area contributed by atoms with Crippen LogP contribution < -0.4 is 5.32 Å². The maximum absolute atomic E-state index is 13.6. The van der Waals surface area contributed by atoms with Gasteiger partial charge in [0.15, 0.2) is 9.84 Å². The van der Waals surface area contributed by atoms with Crippen LogP contribution in [0.5, 0.6) is 0 Å². The summed E-state index contributed by atoms with van der Waals surface area (Å²) < 4.78 is 42.2. The lowest BCUT2D eigenvalue weighted by Crippen LogP contribution is -2.25. The molecule has 144 valence electrons. The van der Waals surface area contributed by atoms with E-state index in [1.54, 1.807) is 0 Å². The van der Waals surface area contributed by atoms with Gasteiger partial charge in [-0.2, -0.15) is 0 Å². The van der Waals surface area contributed by atoms with Crippen LogP contribution in [0.15, 0.2) is 48.5 Å². The second kappa shape index (κ2) is 9.27. The molecule has 8 heteroatoms. The average Bonchev–Trinajstić information content (AvgIpc) is 2.63. The average molecular weight is 393 g/mol. The summed E-state index contributed by atoms with van der Waals surface area (Å²) in [4.78, 5) is 23.5. The number of aryl methyl sites for hydroxylation is 1. The van der Waals surface area contributed by atoms with E-state index in [1.807, 2.05) is 30.3 Å². The number of methoxy groups -OCH3 is 1. The molecule has 0 fully saturated rings. The number of ether oxygens (including phenoxy) is 1. The summed E-state index contributed by atoms with van der Waals surface area (Å²) in [5, 5.41) is 2.36. The van der Waals surface area contributed by atoms with Gasteiger partial charge in [0, 0.05) is 5.69 Å². The van der Waals surface area contributed by atoms with E-state index in [1.165, 1.54) is 6.07 Å². The predicted molar refractivity (Wildman–Crippen MR) is 99.8 cm³/mol. The van der Waals surface area contributed by atoms with E-state index in [-0.39, 0.29) is 17.0 Å². The van der Waals surface area contributed by atoms with Crippen molar-refractivity contribution in [2.45, 2.75) is 12.8 Å². The highest BCUT2D eigenvalue weighted by Crippen LogP contribution is 2.16. The Balaban J connectivity index is 1.91. The molecule has 1 N–H and O–H groups in total. The Bertz CT molecular complexity index is 913. The summed E-state index contributed by atoms with van der Waals surface area (Å²) in [5.41, 5.74) is 0.793. The van der Waals surface area contributed by atoms with Gasteiger partial charge >= 0.3 is 5.97 Å². The lowest BCUT2D eigenvalue weighted by molar-refractivity contribution is -0.113. The number of hydrogen-bond donors (Lipinski definition) is 1. The normalized spacial score (nSPS) is 11.0. The number of hydrogen-bond acceptors (Lipinski definition) is 5. The summed E-state index contributed by atoms with van der Waals surface area (Å²) in [7, 11) is -2.48. The molecule has 0 saturated carbocycles. The van der Waals surface area contributed by atoms with Gasteiger partial charge in [0.25, 0.3) is 0 Å². The highest BCUT2D eigenvalue weighted by atomic mass is 32.2. The molecule has 0 atom stereocenters. The number of rotatable bonds is 8. The van der Waals surface area contributed by atoms with Crippen molar-refractivity contribution in [1.82, 2.24) is 0 Å². The zero-order valence-electron chi connectivity index (χ0n) is 14.8. The molecule has 0 aliphatic heterocycles. The zero-order chi connectivity index (χ0) is 19.9. The molecule has 0 heterocycles. The quantitative estimate of drug-likeness (QED) is 0.697. The molecule has 27 heavy (non-hydrogen) atoms. The Kier molecular flexibility index (Phi) is 7.06. The highest BCUT2D eigenvalue weighted by molar-refractivity contribution is 7.92. The van der Waals surface area contributed by atoms with Crippen LogP contribution in [0.3, 0.4) is 0 Å². The minimum Gasteiger partial charge on any atom is -0.465 e. The van der Waals surface area contributed by atoms with Crippen LogP contribution in [-0.2, 0) is 25.8 Å². The second-order valence-electron chi connectivity index (χ2n) is 5.92. The van der Waals surface area contributed by atoms with Crippen LogP contribution in [0.1, 0.15) is 22.3 Å². The van der Waals surface area contributed by atoms with Crippen LogP contribution in [0.4, 0.5) is 10.1 Å². The van der Waals surface area contributed by atoms with Gasteiger partial charge in [-0.3, -0.25) is 4.79 Å². The van der Waals surface area contributed by atoms with Gasteiger partial charge in [0.2, 0.25) is 5.91 Å². The Hall–Kier alpha value is -2.74. The van der Waals surface area contributed by atoms with Crippen molar-refractivity contribution < 1.29 is 27.1 Å². The fraction of sp³-hybridized carbons (Fsp3) is 0.263. The fourth-order valence-electron chi connectivity index (χ4n) is 2.48. The molecule has 0 aliphatic rings. The van der Waals surface area contributed by atoms with Gasteiger partial charge in [0.05, 0.1) is 18.4 Å². The maximum Gasteiger partial charge on any atom is 0.340 e. The van der Waals surface area contributed by atoms with Crippen LogP contribution in [0.2, 0.25) is 0 Å². The smallest absolute Gasteiger partial charge is 0.340 e. The highest BCUT2D eigenvalue weighted by Gasteiger charge is 2.18. The molecule has 0 bridgehead atoms. The summed E-state index contributed by atoms with van der Waals surface area (Å²) in [6.45, 7) is 0. The summed E-state index contributed by atoms with van der Waals surface area (Å²) in [6, 6.07) is 12.8. The number of nitrogens with one attached hydrogen (secondary N) is 1. The molecular weight excluding hydrogens is 373 g/mol. The van der Waals surface area contributed by atoms with Crippen molar-refractivity contribution in [2.24, 2.45) is 0 Å². The van der Waals surface area contributed by atoms with E-state index in [4.69, 9.17) is 0 Å². The number of benzene rings is 2. The molecule has 6 nitrogen and oxygen atoms in total. The monoisotopic (exact) mass is 393 g/mol. The third-order valence-electron chi connectivity index (χ3n) is 3.77. The molecule has 2 aromatic rings. The van der Waals surface area contributed by atoms with E-state index in [9.17, 15) is 22.4 Å². The lowest BCUT2D eigenvalue weighted by atomic mass is 10.1. The number of amides is 1. The van der Waals surface area contributed by atoms with Crippen molar-refractivity contribution in [1.29, 1.82) is 0 Å². The molecule has 0 unspecified atom stereocenters. The molecule has 0 radical (unpaired) electrons. The van der Waals surface area contributed by atoms with Crippen LogP contribution >= 0.6 is 0 Å². The molecule has 2 aromatic carbocycles. The molecule has 0 saturated heterocycles. The van der Waals surface area contributed by atoms with Gasteiger partial charge in [-0.25, -0.2) is 17.6 Å². The first kappa shape index (κ1) is 20.6. The number of carbonyl (C=O) groups excluding carboxylic acids is 2. The fourth-order valence-corrected chi connectivity index (χ4v) is 3.68. The number of halogens is 1. The summed E-state index contributed by atoms with van der Waals surface area (Å²) in [5.74, 6) is -3.25. The third kappa shape index (κ3) is 6.49. The minimum atomic E-state index is -3.59. The summed E-state index contributed by atoms with van der Waals surface area (Å²) in [6.07, 6.45) is 1.00. The number of sulfone groups is 1. The molecule has 2 rings (SSSR count). The molecule has 0 spiro atoms. The second-order valence-corrected chi connectivity index (χ2v) is 8.10. The first-order chi connectivity index (χ1) is 12.8. The first-order valence-electron chi connectivity index (χ1n) is 8.23. The third-order valence-corrected chi connectivity index (χ3v) is 5.38.